The molecule has 1 aliphatic heterocycles. The molecule has 1 amide bonds. The Bertz CT molecular complexity index is 1020. The van der Waals surface area contributed by atoms with Gasteiger partial charge in [-0.15, -0.1) is 0 Å². The number of aliphatic hydroxyl groups is 1. The first kappa shape index (κ1) is 21.4. The van der Waals surface area contributed by atoms with Crippen LogP contribution in [-0.2, 0) is 9.59 Å². The van der Waals surface area contributed by atoms with Crippen molar-refractivity contribution in [3.63, 3.8) is 0 Å². The Morgan fingerprint density at radius 3 is 2.33 bits per heavy atom. The number of carbonyl (C=O) groups excluding carboxylic acids is 2. The van der Waals surface area contributed by atoms with Crippen LogP contribution in [0, 0.1) is 13.8 Å². The molecule has 6 heteroatoms. The summed E-state index contributed by atoms with van der Waals surface area (Å²) in [5.41, 5.74) is 2.81. The summed E-state index contributed by atoms with van der Waals surface area (Å²) in [4.78, 5) is 27.4. The fourth-order valence-electron chi connectivity index (χ4n) is 3.98. The van der Waals surface area contributed by atoms with Crippen LogP contribution < -0.4 is 9.47 Å². The van der Waals surface area contributed by atoms with Crippen LogP contribution in [0.5, 0.6) is 11.5 Å². The lowest BCUT2D eigenvalue weighted by Gasteiger charge is -2.26. The van der Waals surface area contributed by atoms with E-state index in [1.54, 1.807) is 26.4 Å². The molecule has 0 bridgehead atoms. The van der Waals surface area contributed by atoms with Crippen molar-refractivity contribution in [3.8, 4) is 11.5 Å². The topological polar surface area (TPSA) is 76.1 Å². The SMILES string of the molecule is CCCN1C(=O)C(=O)/C(=C(/O)c2cc(C)c(OC)cc2C)C1c1ccccc1OC. The van der Waals surface area contributed by atoms with Gasteiger partial charge in [0.25, 0.3) is 11.7 Å². The number of aliphatic hydroxyl groups excluding tert-OH is 1. The Morgan fingerprint density at radius 1 is 1.03 bits per heavy atom. The number of amides is 1. The Labute approximate surface area is 176 Å². The van der Waals surface area contributed by atoms with Crippen molar-refractivity contribution in [2.24, 2.45) is 0 Å². The summed E-state index contributed by atoms with van der Waals surface area (Å²) in [5, 5.41) is 11.3. The average molecular weight is 409 g/mol. The van der Waals surface area contributed by atoms with E-state index in [4.69, 9.17) is 9.47 Å². The van der Waals surface area contributed by atoms with Gasteiger partial charge in [-0.2, -0.15) is 0 Å². The van der Waals surface area contributed by atoms with Gasteiger partial charge < -0.3 is 19.5 Å². The number of Topliss-reactive ketones (excluding diaryl/α,β-unsaturated/α-hetero) is 1. The monoisotopic (exact) mass is 409 g/mol. The minimum atomic E-state index is -0.720. The molecule has 1 unspecified atom stereocenters. The minimum absolute atomic E-state index is 0.0746. The number of carbonyl (C=O) groups is 2. The van der Waals surface area contributed by atoms with Crippen molar-refractivity contribution in [2.45, 2.75) is 33.2 Å². The molecule has 1 atom stereocenters. The molecule has 0 spiro atoms. The molecule has 1 fully saturated rings. The van der Waals surface area contributed by atoms with Gasteiger partial charge in [0.2, 0.25) is 0 Å². The van der Waals surface area contributed by atoms with Gasteiger partial charge in [0.05, 0.1) is 25.8 Å². The van der Waals surface area contributed by atoms with Gasteiger partial charge in [0, 0.05) is 17.7 Å². The van der Waals surface area contributed by atoms with Gasteiger partial charge in [-0.05, 0) is 49.6 Å². The molecule has 3 rings (SSSR count). The van der Waals surface area contributed by atoms with Crippen LogP contribution in [0.15, 0.2) is 42.0 Å². The van der Waals surface area contributed by atoms with Gasteiger partial charge in [-0.1, -0.05) is 25.1 Å². The smallest absolute Gasteiger partial charge is 0.295 e. The van der Waals surface area contributed by atoms with E-state index in [2.05, 4.69) is 0 Å². The Balaban J connectivity index is 2.28. The average Bonchev–Trinajstić information content (AvgIpc) is 2.99. The number of hydrogen-bond donors (Lipinski definition) is 1. The van der Waals surface area contributed by atoms with Gasteiger partial charge in [-0.3, -0.25) is 9.59 Å². The fourth-order valence-corrected chi connectivity index (χ4v) is 3.98. The Hall–Kier alpha value is -3.28. The molecule has 1 saturated heterocycles. The summed E-state index contributed by atoms with van der Waals surface area (Å²) in [6.07, 6.45) is 0.680. The van der Waals surface area contributed by atoms with Crippen molar-refractivity contribution in [1.82, 2.24) is 4.90 Å². The largest absolute Gasteiger partial charge is 0.507 e. The zero-order valence-electron chi connectivity index (χ0n) is 18.0. The predicted octanol–water partition coefficient (Wildman–Crippen LogP) is 4.15. The number of likely N-dealkylation sites (tertiary alicyclic amines) is 1. The first-order valence-corrected chi connectivity index (χ1v) is 9.92. The number of rotatable bonds is 6. The van der Waals surface area contributed by atoms with Crippen molar-refractivity contribution in [3.05, 3.63) is 64.2 Å². The van der Waals surface area contributed by atoms with Crippen LogP contribution in [0.25, 0.3) is 5.76 Å². The summed E-state index contributed by atoms with van der Waals surface area (Å²) in [6.45, 7) is 6.03. The van der Waals surface area contributed by atoms with Crippen LogP contribution in [0.4, 0.5) is 0 Å². The number of aryl methyl sites for hydroxylation is 2. The van der Waals surface area contributed by atoms with E-state index >= 15 is 0 Å². The molecule has 30 heavy (non-hydrogen) atoms. The first-order valence-electron chi connectivity index (χ1n) is 9.92. The predicted molar refractivity (Wildman–Crippen MR) is 115 cm³/mol. The maximum absolute atomic E-state index is 13.0. The summed E-state index contributed by atoms with van der Waals surface area (Å²) in [6, 6.07) is 10.1. The number of ether oxygens (including phenoxy) is 2. The lowest BCUT2D eigenvalue weighted by atomic mass is 9.92. The van der Waals surface area contributed by atoms with Crippen LogP contribution in [-0.4, -0.2) is 42.5 Å². The fraction of sp³-hybridized carbons (Fsp3) is 0.333. The summed E-state index contributed by atoms with van der Waals surface area (Å²) in [5.74, 6) is -0.246. The van der Waals surface area contributed by atoms with Crippen LogP contribution in [0.2, 0.25) is 0 Å². The Morgan fingerprint density at radius 2 is 1.70 bits per heavy atom. The summed E-state index contributed by atoms with van der Waals surface area (Å²) >= 11 is 0. The molecule has 6 nitrogen and oxygen atoms in total. The zero-order chi connectivity index (χ0) is 22.0. The van der Waals surface area contributed by atoms with Crippen molar-refractivity contribution < 1.29 is 24.2 Å². The number of nitrogens with zero attached hydrogens (tertiary/aromatic N) is 1. The second kappa shape index (κ2) is 8.61. The van der Waals surface area contributed by atoms with Crippen LogP contribution in [0.1, 0.15) is 41.6 Å². The number of para-hydroxylation sites is 1. The molecular formula is C24H27NO5. The molecule has 0 aliphatic carbocycles. The molecule has 158 valence electrons. The number of hydrogen-bond acceptors (Lipinski definition) is 5. The van der Waals surface area contributed by atoms with Crippen LogP contribution in [0.3, 0.4) is 0 Å². The minimum Gasteiger partial charge on any atom is -0.507 e. The van der Waals surface area contributed by atoms with E-state index in [1.807, 2.05) is 45.0 Å². The quantitative estimate of drug-likeness (QED) is 0.441. The second-order valence-corrected chi connectivity index (χ2v) is 7.37. The van der Waals surface area contributed by atoms with E-state index in [9.17, 15) is 14.7 Å². The normalized spacial score (nSPS) is 18.0. The van der Waals surface area contributed by atoms with Gasteiger partial charge >= 0.3 is 0 Å². The van der Waals surface area contributed by atoms with Gasteiger partial charge in [0.1, 0.15) is 17.3 Å². The highest BCUT2D eigenvalue weighted by molar-refractivity contribution is 6.46. The van der Waals surface area contributed by atoms with E-state index < -0.39 is 17.7 Å². The lowest BCUT2D eigenvalue weighted by molar-refractivity contribution is -0.139. The first-order chi connectivity index (χ1) is 14.3. The molecule has 0 saturated carbocycles. The zero-order valence-corrected chi connectivity index (χ0v) is 18.0. The van der Waals surface area contributed by atoms with Crippen molar-refractivity contribution in [1.29, 1.82) is 0 Å². The number of benzene rings is 2. The van der Waals surface area contributed by atoms with E-state index in [-0.39, 0.29) is 11.3 Å². The van der Waals surface area contributed by atoms with E-state index in [0.29, 0.717) is 35.6 Å². The third-order valence-corrected chi connectivity index (χ3v) is 5.43. The summed E-state index contributed by atoms with van der Waals surface area (Å²) < 4.78 is 10.8. The van der Waals surface area contributed by atoms with E-state index in [0.717, 1.165) is 11.1 Å². The van der Waals surface area contributed by atoms with Gasteiger partial charge in [-0.25, -0.2) is 0 Å². The highest BCUT2D eigenvalue weighted by Crippen LogP contribution is 2.43. The third kappa shape index (κ3) is 3.54. The maximum Gasteiger partial charge on any atom is 0.295 e. The molecule has 0 aromatic heterocycles. The number of ketones is 1. The molecule has 0 radical (unpaired) electrons. The molecule has 2 aromatic carbocycles. The van der Waals surface area contributed by atoms with Crippen molar-refractivity contribution >= 4 is 17.4 Å². The highest BCUT2D eigenvalue weighted by atomic mass is 16.5. The lowest BCUT2D eigenvalue weighted by Crippen LogP contribution is -2.30. The maximum atomic E-state index is 13.0. The molecular weight excluding hydrogens is 382 g/mol. The highest BCUT2D eigenvalue weighted by Gasteiger charge is 2.46. The second-order valence-electron chi connectivity index (χ2n) is 7.37. The van der Waals surface area contributed by atoms with Crippen molar-refractivity contribution in [2.75, 3.05) is 20.8 Å². The number of methoxy groups -OCH3 is 2. The Kier molecular flexibility index (Phi) is 6.15. The van der Waals surface area contributed by atoms with Crippen LogP contribution >= 0.6 is 0 Å². The van der Waals surface area contributed by atoms with Gasteiger partial charge in [0.15, 0.2) is 0 Å². The van der Waals surface area contributed by atoms with E-state index in [1.165, 1.54) is 4.90 Å². The molecule has 1 aliphatic rings. The summed E-state index contributed by atoms with van der Waals surface area (Å²) in [7, 11) is 3.13. The molecule has 1 heterocycles. The standard InChI is InChI=1S/C24H27NO5/c1-6-11-25-21(16-9-7-8-10-18(16)29-4)20(23(27)24(25)28)22(26)17-12-15(3)19(30-5)13-14(17)2/h7-10,12-13,21,26H,6,11H2,1-5H3/b22-20+. The molecule has 2 aromatic rings. The molecule has 1 N–H and O–H groups in total. The third-order valence-electron chi connectivity index (χ3n) is 5.43.